The summed E-state index contributed by atoms with van der Waals surface area (Å²) in [6.07, 6.45) is 0. The van der Waals surface area contributed by atoms with Crippen molar-refractivity contribution in [2.24, 2.45) is 0 Å². The first kappa shape index (κ1) is 19.4. The molecule has 2 aromatic rings. The maximum atomic E-state index is 12.3. The van der Waals surface area contributed by atoms with Crippen molar-refractivity contribution in [3.05, 3.63) is 63.7 Å². The lowest BCUT2D eigenvalue weighted by Gasteiger charge is -2.14. The van der Waals surface area contributed by atoms with Crippen LogP contribution in [0.15, 0.2) is 41.3 Å². The van der Waals surface area contributed by atoms with Crippen molar-refractivity contribution in [1.29, 1.82) is 0 Å². The zero-order chi connectivity index (χ0) is 18.8. The van der Waals surface area contributed by atoms with Crippen LogP contribution in [-0.4, -0.2) is 32.8 Å². The van der Waals surface area contributed by atoms with E-state index in [2.05, 4.69) is 0 Å². The molecule has 0 saturated heterocycles. The Morgan fingerprint density at radius 2 is 1.68 bits per heavy atom. The van der Waals surface area contributed by atoms with E-state index in [9.17, 15) is 13.2 Å². The molecule has 2 rings (SSSR count). The number of benzene rings is 2. The molecule has 2 aromatic carbocycles. The topological polar surface area (TPSA) is 63.7 Å². The van der Waals surface area contributed by atoms with Gasteiger partial charge in [0.2, 0.25) is 10.0 Å². The third kappa shape index (κ3) is 4.60. The summed E-state index contributed by atoms with van der Waals surface area (Å²) in [5.41, 5.74) is 3.17. The van der Waals surface area contributed by atoms with E-state index >= 15 is 0 Å². The van der Waals surface area contributed by atoms with E-state index in [1.54, 1.807) is 0 Å². The second kappa shape index (κ2) is 7.56. The molecule has 0 aliphatic carbocycles. The predicted molar refractivity (Wildman–Crippen MR) is 97.4 cm³/mol. The summed E-state index contributed by atoms with van der Waals surface area (Å²) in [6, 6.07) is 9.96. The van der Waals surface area contributed by atoms with Crippen molar-refractivity contribution >= 4 is 27.6 Å². The lowest BCUT2D eigenvalue weighted by atomic mass is 10.1. The largest absolute Gasteiger partial charge is 0.457 e. The van der Waals surface area contributed by atoms with E-state index in [0.29, 0.717) is 0 Å². The van der Waals surface area contributed by atoms with Crippen LogP contribution in [0.3, 0.4) is 0 Å². The number of nitrogens with zero attached hydrogens (tertiary/aromatic N) is 1. The Hall–Kier alpha value is -1.89. The van der Waals surface area contributed by atoms with Gasteiger partial charge in [0.05, 0.1) is 10.6 Å². The molecule has 0 heterocycles. The molecular formula is C18H20ClNO4S. The van der Waals surface area contributed by atoms with E-state index in [1.807, 2.05) is 32.0 Å². The lowest BCUT2D eigenvalue weighted by Crippen LogP contribution is -2.23. The van der Waals surface area contributed by atoms with Crippen molar-refractivity contribution in [3.63, 3.8) is 0 Å². The second-order valence-corrected chi connectivity index (χ2v) is 8.53. The zero-order valence-electron chi connectivity index (χ0n) is 14.5. The van der Waals surface area contributed by atoms with E-state index in [0.717, 1.165) is 21.0 Å². The van der Waals surface area contributed by atoms with Crippen LogP contribution in [0.25, 0.3) is 0 Å². The highest BCUT2D eigenvalue weighted by Crippen LogP contribution is 2.25. The summed E-state index contributed by atoms with van der Waals surface area (Å²) in [5, 5.41) is 0.0551. The Morgan fingerprint density at radius 3 is 2.24 bits per heavy atom. The van der Waals surface area contributed by atoms with Crippen LogP contribution in [0.1, 0.15) is 27.0 Å². The van der Waals surface area contributed by atoms with Gasteiger partial charge in [-0.2, -0.15) is 0 Å². The van der Waals surface area contributed by atoms with Gasteiger partial charge < -0.3 is 4.74 Å². The van der Waals surface area contributed by atoms with Gasteiger partial charge >= 0.3 is 5.97 Å². The van der Waals surface area contributed by atoms with Gasteiger partial charge in [-0.1, -0.05) is 40.9 Å². The van der Waals surface area contributed by atoms with Crippen molar-refractivity contribution in [2.45, 2.75) is 25.3 Å². The van der Waals surface area contributed by atoms with Crippen molar-refractivity contribution in [1.82, 2.24) is 4.31 Å². The highest BCUT2D eigenvalue weighted by Gasteiger charge is 2.22. The molecule has 25 heavy (non-hydrogen) atoms. The monoisotopic (exact) mass is 381 g/mol. The Bertz CT molecular complexity index is 887. The molecule has 0 aliphatic rings. The van der Waals surface area contributed by atoms with Crippen LogP contribution in [-0.2, 0) is 21.4 Å². The maximum Gasteiger partial charge on any atom is 0.338 e. The summed E-state index contributed by atoms with van der Waals surface area (Å²) in [5.74, 6) is -0.606. The van der Waals surface area contributed by atoms with Crippen LogP contribution < -0.4 is 0 Å². The van der Waals surface area contributed by atoms with Crippen LogP contribution >= 0.6 is 11.6 Å². The number of rotatable bonds is 5. The molecule has 0 atom stereocenters. The number of halogens is 1. The van der Waals surface area contributed by atoms with Gasteiger partial charge in [0.1, 0.15) is 11.5 Å². The molecule has 0 aromatic heterocycles. The quantitative estimate of drug-likeness (QED) is 0.743. The average Bonchev–Trinajstić information content (AvgIpc) is 2.51. The molecular weight excluding hydrogens is 362 g/mol. The molecule has 134 valence electrons. The molecule has 0 radical (unpaired) electrons. The van der Waals surface area contributed by atoms with Crippen LogP contribution in [0.2, 0.25) is 5.02 Å². The highest BCUT2D eigenvalue weighted by molar-refractivity contribution is 7.89. The van der Waals surface area contributed by atoms with Crippen LogP contribution in [0.4, 0.5) is 0 Å². The van der Waals surface area contributed by atoms with E-state index < -0.39 is 16.0 Å². The molecule has 0 bridgehead atoms. The first-order valence-corrected chi connectivity index (χ1v) is 9.39. The molecule has 0 spiro atoms. The molecule has 0 fully saturated rings. The number of hydrogen-bond donors (Lipinski definition) is 0. The van der Waals surface area contributed by atoms with Crippen molar-refractivity contribution in [2.75, 3.05) is 14.1 Å². The summed E-state index contributed by atoms with van der Waals surface area (Å²) < 4.78 is 30.9. The summed E-state index contributed by atoms with van der Waals surface area (Å²) in [4.78, 5) is 12.1. The fraction of sp³-hybridized carbons (Fsp3) is 0.278. The Labute approximate surface area is 153 Å². The van der Waals surface area contributed by atoms with Gasteiger partial charge in [0.25, 0.3) is 0 Å². The third-order valence-electron chi connectivity index (χ3n) is 3.58. The number of carbonyl (C=O) groups is 1. The van der Waals surface area contributed by atoms with Gasteiger partial charge in [-0.25, -0.2) is 17.5 Å². The number of aryl methyl sites for hydroxylation is 2. The minimum Gasteiger partial charge on any atom is -0.457 e. The Kier molecular flexibility index (Phi) is 5.87. The van der Waals surface area contributed by atoms with Gasteiger partial charge in [0, 0.05) is 14.1 Å². The normalized spacial score (nSPS) is 11.6. The van der Waals surface area contributed by atoms with E-state index in [4.69, 9.17) is 16.3 Å². The number of ether oxygens (including phenoxy) is 1. The van der Waals surface area contributed by atoms with E-state index in [1.165, 1.54) is 32.3 Å². The molecule has 0 amide bonds. The van der Waals surface area contributed by atoms with Crippen LogP contribution in [0.5, 0.6) is 0 Å². The summed E-state index contributed by atoms with van der Waals surface area (Å²) in [6.45, 7) is 4.05. The SMILES string of the molecule is Cc1cc(C)cc(COC(=O)c2ccc(Cl)c(S(=O)(=O)N(C)C)c2)c1. The lowest BCUT2D eigenvalue weighted by molar-refractivity contribution is 0.0472. The second-order valence-electron chi connectivity index (χ2n) is 6.00. The molecule has 5 nitrogen and oxygen atoms in total. The average molecular weight is 382 g/mol. The van der Waals surface area contributed by atoms with Gasteiger partial charge in [-0.15, -0.1) is 0 Å². The molecule has 0 saturated carbocycles. The highest BCUT2D eigenvalue weighted by atomic mass is 35.5. The van der Waals surface area contributed by atoms with Crippen molar-refractivity contribution < 1.29 is 17.9 Å². The summed E-state index contributed by atoms with van der Waals surface area (Å²) in [7, 11) is -0.949. The summed E-state index contributed by atoms with van der Waals surface area (Å²) >= 11 is 5.98. The van der Waals surface area contributed by atoms with Crippen LogP contribution in [0, 0.1) is 13.8 Å². The van der Waals surface area contributed by atoms with Gasteiger partial charge in [-0.3, -0.25) is 0 Å². The minimum absolute atomic E-state index is 0.0551. The first-order chi connectivity index (χ1) is 11.6. The molecule has 7 heteroatoms. The molecule has 0 aliphatic heterocycles. The number of hydrogen-bond acceptors (Lipinski definition) is 4. The van der Waals surface area contributed by atoms with Gasteiger partial charge in [0.15, 0.2) is 0 Å². The maximum absolute atomic E-state index is 12.3. The van der Waals surface area contributed by atoms with Gasteiger partial charge in [-0.05, 0) is 37.6 Å². The fourth-order valence-electron chi connectivity index (χ4n) is 2.41. The fourth-order valence-corrected chi connectivity index (χ4v) is 3.80. The minimum atomic E-state index is -3.75. The number of sulfonamides is 1. The predicted octanol–water partition coefficient (Wildman–Crippen LogP) is 3.56. The standard InChI is InChI=1S/C18H20ClNO4S/c1-12-7-13(2)9-14(8-12)11-24-18(21)15-5-6-16(19)17(10-15)25(22,23)20(3)4/h5-10H,11H2,1-4H3. The Morgan fingerprint density at radius 1 is 1.08 bits per heavy atom. The molecule has 0 unspecified atom stereocenters. The third-order valence-corrected chi connectivity index (χ3v) is 5.87. The number of esters is 1. The smallest absolute Gasteiger partial charge is 0.338 e. The van der Waals surface area contributed by atoms with Crippen molar-refractivity contribution in [3.8, 4) is 0 Å². The van der Waals surface area contributed by atoms with E-state index in [-0.39, 0.29) is 22.1 Å². The number of carbonyl (C=O) groups excluding carboxylic acids is 1. The molecule has 0 N–H and O–H groups in total. The first-order valence-electron chi connectivity index (χ1n) is 7.57. The Balaban J connectivity index is 2.23. The zero-order valence-corrected chi connectivity index (χ0v) is 16.1.